The highest BCUT2D eigenvalue weighted by Crippen LogP contribution is 2.40. The quantitative estimate of drug-likeness (QED) is 0.0500. The van der Waals surface area contributed by atoms with E-state index in [9.17, 15) is 0 Å². The fraction of sp³-hybridized carbons (Fsp3) is 0.196. The van der Waals surface area contributed by atoms with Crippen LogP contribution in [0.5, 0.6) is 0 Å². The topological polar surface area (TPSA) is 0 Å². The summed E-state index contributed by atoms with van der Waals surface area (Å²) in [6, 6.07) is 109. The van der Waals surface area contributed by atoms with Crippen LogP contribution in [-0.2, 0) is 92.4 Å². The minimum atomic E-state index is 0.987. The molecule has 0 amide bonds. The summed E-state index contributed by atoms with van der Waals surface area (Å²) >= 11 is 0. The Balaban J connectivity index is 0.000000154. The van der Waals surface area contributed by atoms with Crippen molar-refractivity contribution in [1.82, 2.24) is 0 Å². The van der Waals surface area contributed by atoms with E-state index in [4.69, 9.17) is 0 Å². The summed E-state index contributed by atoms with van der Waals surface area (Å²) in [7, 11) is 42.4. The van der Waals surface area contributed by atoms with Crippen molar-refractivity contribution in [1.29, 1.82) is 0 Å². The lowest BCUT2D eigenvalue weighted by molar-refractivity contribution is 1.28. The van der Waals surface area contributed by atoms with Gasteiger partial charge in [0.2, 0.25) is 0 Å². The Morgan fingerprint density at radius 1 is 0.134 bits per heavy atom. The third kappa shape index (κ3) is 28.0. The molecule has 652 valence electrons. The summed E-state index contributed by atoms with van der Waals surface area (Å²) in [6.45, 7) is 15.4. The van der Waals surface area contributed by atoms with Crippen LogP contribution in [0.2, 0.25) is 0 Å². The average molecular weight is 1940 g/mol. The van der Waals surface area contributed by atoms with Gasteiger partial charge in [-0.2, -0.15) is 0 Å². The maximum Gasteiger partial charge on any atom is -0.0125 e. The average Bonchev–Trinajstić information content (AvgIpc) is 0.757. The molecule has 0 nitrogen and oxygen atoms in total. The Morgan fingerprint density at radius 3 is 0.803 bits per heavy atom. The maximum atomic E-state index is 2.86. The molecular formula is C112H129P15. The van der Waals surface area contributed by atoms with Gasteiger partial charge in [-0.3, -0.25) is 0 Å². The zero-order valence-corrected chi connectivity index (χ0v) is 92.3. The van der Waals surface area contributed by atoms with Crippen LogP contribution < -0.4 is 0 Å². The molecule has 0 saturated heterocycles. The van der Waals surface area contributed by atoms with Gasteiger partial charge in [0.05, 0.1) is 0 Å². The molecule has 15 unspecified atom stereocenters. The van der Waals surface area contributed by atoms with Crippen molar-refractivity contribution in [2.45, 2.75) is 141 Å². The first-order valence-electron chi connectivity index (χ1n) is 43.7. The van der Waals surface area contributed by atoms with Gasteiger partial charge in [-0.25, -0.2) is 0 Å². The van der Waals surface area contributed by atoms with Crippen molar-refractivity contribution in [2.24, 2.45) is 0 Å². The summed E-state index contributed by atoms with van der Waals surface area (Å²) in [4.78, 5) is 0. The van der Waals surface area contributed by atoms with Crippen LogP contribution >= 0.6 is 139 Å². The van der Waals surface area contributed by atoms with E-state index in [0.29, 0.717) is 0 Å². The lowest BCUT2D eigenvalue weighted by Gasteiger charge is -2.14. The monoisotopic (exact) mass is 1940 g/mol. The molecular weight excluding hydrogens is 1810 g/mol. The predicted octanol–water partition coefficient (Wildman–Crippen LogP) is 32.9. The van der Waals surface area contributed by atoms with Gasteiger partial charge in [0.25, 0.3) is 0 Å². The normalized spacial score (nSPS) is 10.9. The molecule has 0 heterocycles. The Hall–Kier alpha value is -5.25. The highest BCUT2D eigenvalue weighted by Gasteiger charge is 2.16. The SMILES string of the molecule is Cc1cc(-c2ccc(CP)c(C)c2)cc(-c2ccc(CP)c(CP)c2)c1.Cc1cc(-c2ccc(CP)cc2)cc(-c2cc(CP)cc(CP)c2)c1.Cc1cc(-c2cccc(-c3ccc(CP)c(CP)c3)c2)ccc1CP.Cc1cc(CP)ccc1-c1ccc(C)c(-c2ccc(CP)c(CP)c2)c1.Cc1ccc(-c2cc(CP)cc(CP)c2)cc1-c1ccc(CP)cc1. The Morgan fingerprint density at radius 2 is 0.402 bits per heavy atom. The summed E-state index contributed by atoms with van der Waals surface area (Å²) in [5, 5.41) is 0. The lowest BCUT2D eigenvalue weighted by Crippen LogP contribution is -1.92. The molecule has 15 heteroatoms. The van der Waals surface area contributed by atoms with E-state index in [1.165, 1.54) is 234 Å². The molecule has 0 bridgehead atoms. The van der Waals surface area contributed by atoms with Crippen molar-refractivity contribution in [2.75, 3.05) is 0 Å². The third-order valence-corrected chi connectivity index (χ3v) is 30.6. The molecule has 0 N–H and O–H groups in total. The minimum Gasteiger partial charge on any atom is -0.133 e. The standard InChI is InChI=1S/2C23H27P3.3C22H25P3/c1-15-3-5-19(22-8-4-17(12-24)9-16(22)2)11-23(15)18-6-7-20(13-25)21(10-18)14-26;1-15-7-21(17-3-5-19(12-24)16(2)9-17)11-22(8-15)18-4-6-20(13-25)23(10-18)14-26;1-15-2-5-20(21-9-17(13-24)8-18(10-21)14-25)11-22(15)19-6-3-16(12-23)4-7-19;1-15-6-20(19-4-2-16(12-23)3-5-19)11-21(7-15)22-9-17(13-24)8-18(10-22)14-25;1-15-9-18(5-7-20(15)12-23)16-3-2-4-17(10-16)19-6-8-21(13-24)22(11-19)14-25/h2*3-11H,12-14,24-26H2,1-2H3;3*2-11H,12-14,23-25H2,1H3. The van der Waals surface area contributed by atoms with E-state index in [2.05, 4.69) is 478 Å². The zero-order valence-electron chi connectivity index (χ0n) is 75.0. The van der Waals surface area contributed by atoms with Gasteiger partial charge < -0.3 is 0 Å². The Labute approximate surface area is 797 Å². The van der Waals surface area contributed by atoms with Gasteiger partial charge in [0, 0.05) is 0 Å². The largest absolute Gasteiger partial charge is 0.133 e. The van der Waals surface area contributed by atoms with Crippen molar-refractivity contribution >= 4 is 139 Å². The van der Waals surface area contributed by atoms with Crippen LogP contribution in [0.4, 0.5) is 0 Å². The highest BCUT2D eigenvalue weighted by molar-refractivity contribution is 7.18. The summed E-state index contributed by atoms with van der Waals surface area (Å²) in [6.07, 6.45) is 14.9. The molecule has 0 aliphatic rings. The van der Waals surface area contributed by atoms with Gasteiger partial charge >= 0.3 is 0 Å². The number of aryl methyl sites for hydroxylation is 7. The Bertz CT molecular complexity index is 6180. The molecule has 0 spiro atoms. The first kappa shape index (κ1) is 102. The first-order valence-corrected chi connectivity index (χ1v) is 56.0. The summed E-state index contributed by atoms with van der Waals surface area (Å²) < 4.78 is 0. The molecule has 0 aromatic heterocycles. The van der Waals surface area contributed by atoms with Crippen LogP contribution in [0.15, 0.2) is 291 Å². The van der Waals surface area contributed by atoms with Gasteiger partial charge in [-0.05, 0) is 405 Å². The number of rotatable bonds is 25. The second-order valence-corrected chi connectivity index (χ2v) is 38.9. The highest BCUT2D eigenvalue weighted by atomic mass is 31.0. The second-order valence-electron chi connectivity index (χ2n) is 32.7. The molecule has 0 radical (unpaired) electrons. The maximum absolute atomic E-state index is 2.86. The Kier molecular flexibility index (Phi) is 41.3. The van der Waals surface area contributed by atoms with Gasteiger partial charge in [0.1, 0.15) is 0 Å². The first-order chi connectivity index (χ1) is 61.5. The van der Waals surface area contributed by atoms with Crippen molar-refractivity contribution in [3.05, 3.63) is 414 Å². The summed E-state index contributed by atoms with van der Waals surface area (Å²) in [5.74, 6) is 0. The van der Waals surface area contributed by atoms with E-state index in [0.717, 1.165) is 92.4 Å². The van der Waals surface area contributed by atoms with Gasteiger partial charge in [-0.15, -0.1) is 139 Å². The number of hydrogen-bond acceptors (Lipinski definition) is 0. The van der Waals surface area contributed by atoms with Gasteiger partial charge in [-0.1, -0.05) is 261 Å². The smallest absolute Gasteiger partial charge is 0.0125 e. The van der Waals surface area contributed by atoms with E-state index >= 15 is 0 Å². The third-order valence-electron chi connectivity index (χ3n) is 23.8. The van der Waals surface area contributed by atoms with Gasteiger partial charge in [0.15, 0.2) is 0 Å². The van der Waals surface area contributed by atoms with Crippen molar-refractivity contribution < 1.29 is 0 Å². The second kappa shape index (κ2) is 51.3. The van der Waals surface area contributed by atoms with Crippen molar-refractivity contribution in [3.8, 4) is 111 Å². The number of hydrogen-bond donors (Lipinski definition) is 0. The van der Waals surface area contributed by atoms with Crippen LogP contribution in [0, 0.1) is 48.5 Å². The molecule has 0 aliphatic carbocycles. The molecule has 15 aromatic carbocycles. The van der Waals surface area contributed by atoms with E-state index in [1.807, 2.05) is 0 Å². The molecule has 127 heavy (non-hydrogen) atoms. The molecule has 0 fully saturated rings. The van der Waals surface area contributed by atoms with E-state index in [1.54, 1.807) is 0 Å². The molecule has 15 rings (SSSR count). The van der Waals surface area contributed by atoms with Crippen LogP contribution in [0.3, 0.4) is 0 Å². The van der Waals surface area contributed by atoms with Crippen LogP contribution in [-0.4, -0.2) is 0 Å². The van der Waals surface area contributed by atoms with E-state index < -0.39 is 0 Å². The fourth-order valence-electron chi connectivity index (χ4n) is 16.3. The minimum absolute atomic E-state index is 0.987. The molecule has 15 atom stereocenters. The summed E-state index contributed by atoms with van der Waals surface area (Å²) in [5.41, 5.74) is 56.0. The molecule has 15 aromatic rings. The number of benzene rings is 15. The van der Waals surface area contributed by atoms with Crippen LogP contribution in [0.25, 0.3) is 111 Å². The molecule has 0 aliphatic heterocycles. The van der Waals surface area contributed by atoms with Crippen molar-refractivity contribution in [3.63, 3.8) is 0 Å². The zero-order chi connectivity index (χ0) is 90.8. The van der Waals surface area contributed by atoms with Crippen LogP contribution in [0.1, 0.15) is 122 Å². The lowest BCUT2D eigenvalue weighted by atomic mass is 9.92. The predicted molar refractivity (Wildman–Crippen MR) is 621 cm³/mol. The van der Waals surface area contributed by atoms with E-state index in [-0.39, 0.29) is 0 Å². The molecule has 0 saturated carbocycles. The fourth-order valence-corrected chi connectivity index (χ4v) is 21.3.